The summed E-state index contributed by atoms with van der Waals surface area (Å²) in [5, 5.41) is 8.87. The average molecular weight is 784 g/mol. The summed E-state index contributed by atoms with van der Waals surface area (Å²) < 4.78 is 32.4. The molecule has 0 aliphatic carbocycles. The lowest BCUT2D eigenvalue weighted by Gasteiger charge is -2.20. The number of hydrogen-bond acceptors (Lipinski definition) is 9. The summed E-state index contributed by atoms with van der Waals surface area (Å²) in [6.45, 7) is 2.63. The Morgan fingerprint density at radius 2 is 1.11 bits per heavy atom. The van der Waals surface area contributed by atoms with E-state index in [0.29, 0.717) is 6.42 Å². The Hall–Kier alpha value is -2.56. The molecule has 0 saturated heterocycles. The second kappa shape index (κ2) is 37.4. The van der Waals surface area contributed by atoms with E-state index in [9.17, 15) is 23.8 Å². The van der Waals surface area contributed by atoms with Gasteiger partial charge in [-0.25, -0.2) is 9.36 Å². The van der Waals surface area contributed by atoms with E-state index < -0.39 is 57.7 Å². The molecule has 0 aromatic rings. The minimum Gasteiger partial charge on any atom is -0.480 e. The van der Waals surface area contributed by atoms with Gasteiger partial charge >= 0.3 is 25.7 Å². The van der Waals surface area contributed by atoms with Gasteiger partial charge in [0.2, 0.25) is 0 Å². The third-order valence-corrected chi connectivity index (χ3v) is 9.60. The van der Waals surface area contributed by atoms with Gasteiger partial charge < -0.3 is 25.2 Å². The summed E-state index contributed by atoms with van der Waals surface area (Å²) in [5.74, 6) is -2.66. The fraction of sp³-hybridized carbons (Fsp3) is 0.738. The maximum Gasteiger partial charge on any atom is 0.472 e. The zero-order chi connectivity index (χ0) is 40.0. The number of aliphatic carboxylic acids is 1. The molecule has 0 bridgehead atoms. The molecule has 0 aromatic heterocycles. The van der Waals surface area contributed by atoms with Crippen LogP contribution in [0.25, 0.3) is 0 Å². The number of carboxylic acids is 1. The normalized spacial score (nSPS) is 14.3. The number of phosphoric ester groups is 1. The molecule has 11 nitrogen and oxygen atoms in total. The molecule has 0 heterocycles. The van der Waals surface area contributed by atoms with Crippen LogP contribution in [0.15, 0.2) is 48.6 Å². The summed E-state index contributed by atoms with van der Waals surface area (Å²) in [7, 11) is -4.74. The van der Waals surface area contributed by atoms with Crippen molar-refractivity contribution in [3.8, 4) is 0 Å². The number of esters is 2. The fourth-order valence-electron chi connectivity index (χ4n) is 5.36. The predicted molar refractivity (Wildman–Crippen MR) is 217 cm³/mol. The number of carbonyl (C=O) groups excluding carboxylic acids is 2. The van der Waals surface area contributed by atoms with Crippen molar-refractivity contribution >= 4 is 25.7 Å². The maximum absolute atomic E-state index is 12.6. The highest BCUT2D eigenvalue weighted by Gasteiger charge is 2.28. The first kappa shape index (κ1) is 51.4. The van der Waals surface area contributed by atoms with Crippen molar-refractivity contribution in [3.63, 3.8) is 0 Å². The second-order valence-corrected chi connectivity index (χ2v) is 15.3. The molecular formula is C42H74NO10P. The summed E-state index contributed by atoms with van der Waals surface area (Å²) in [6, 6.07) is -1.53. The highest BCUT2D eigenvalue weighted by Crippen LogP contribution is 2.43. The minimum absolute atomic E-state index is 0.125. The summed E-state index contributed by atoms with van der Waals surface area (Å²) in [5.41, 5.74) is 5.32. The zero-order valence-electron chi connectivity index (χ0n) is 33.6. The van der Waals surface area contributed by atoms with Crippen LogP contribution in [0.1, 0.15) is 168 Å². The molecule has 3 atom stereocenters. The first-order valence-electron chi connectivity index (χ1n) is 20.7. The molecular weight excluding hydrogens is 709 g/mol. The lowest BCUT2D eigenvalue weighted by atomic mass is 10.1. The average Bonchev–Trinajstić information content (AvgIpc) is 3.14. The number of carboxylic acid groups (broad SMARTS) is 1. The van der Waals surface area contributed by atoms with Crippen molar-refractivity contribution in [3.05, 3.63) is 48.6 Å². The molecule has 0 spiro atoms. The topological polar surface area (TPSA) is 172 Å². The van der Waals surface area contributed by atoms with Crippen molar-refractivity contribution in [1.82, 2.24) is 0 Å². The highest BCUT2D eigenvalue weighted by molar-refractivity contribution is 7.47. The first-order valence-corrected chi connectivity index (χ1v) is 22.2. The van der Waals surface area contributed by atoms with Gasteiger partial charge in [0.15, 0.2) is 6.10 Å². The van der Waals surface area contributed by atoms with Crippen molar-refractivity contribution in [2.24, 2.45) is 5.73 Å². The molecule has 0 aromatic carbocycles. The monoisotopic (exact) mass is 784 g/mol. The molecule has 0 rings (SSSR count). The third kappa shape index (κ3) is 36.4. The van der Waals surface area contributed by atoms with Crippen molar-refractivity contribution in [1.29, 1.82) is 0 Å². The van der Waals surface area contributed by atoms with Crippen LogP contribution >= 0.6 is 7.82 Å². The largest absolute Gasteiger partial charge is 0.480 e. The van der Waals surface area contributed by atoms with Gasteiger partial charge in [0.1, 0.15) is 12.6 Å². The number of phosphoric acid groups is 1. The first-order chi connectivity index (χ1) is 26.1. The van der Waals surface area contributed by atoms with Crippen LogP contribution in [0.4, 0.5) is 0 Å². The van der Waals surface area contributed by atoms with E-state index in [1.807, 2.05) is 6.08 Å². The number of rotatable bonds is 38. The Kier molecular flexibility index (Phi) is 35.6. The van der Waals surface area contributed by atoms with Crippen LogP contribution in [0.3, 0.4) is 0 Å². The van der Waals surface area contributed by atoms with Crippen LogP contribution in [0, 0.1) is 0 Å². The van der Waals surface area contributed by atoms with Gasteiger partial charge in [-0.15, -0.1) is 0 Å². The number of unbranched alkanes of at least 4 members (excludes halogenated alkanes) is 19. The van der Waals surface area contributed by atoms with Crippen LogP contribution < -0.4 is 5.73 Å². The Bertz CT molecular complexity index is 1110. The van der Waals surface area contributed by atoms with Crippen molar-refractivity contribution in [2.45, 2.75) is 180 Å². The van der Waals surface area contributed by atoms with E-state index in [2.05, 4.69) is 42.7 Å². The van der Waals surface area contributed by atoms with Gasteiger partial charge in [0.05, 0.1) is 13.2 Å². The Balaban J connectivity index is 4.53. The van der Waals surface area contributed by atoms with Gasteiger partial charge in [-0.1, -0.05) is 153 Å². The number of allylic oxidation sites excluding steroid dienone is 7. The second-order valence-electron chi connectivity index (χ2n) is 13.8. The maximum atomic E-state index is 12.6. The van der Waals surface area contributed by atoms with Gasteiger partial charge in [0.25, 0.3) is 0 Å². The Morgan fingerprint density at radius 3 is 1.69 bits per heavy atom. The molecule has 0 radical (unpaired) electrons. The van der Waals surface area contributed by atoms with Crippen molar-refractivity contribution in [2.75, 3.05) is 19.8 Å². The number of hydrogen-bond donors (Lipinski definition) is 3. The predicted octanol–water partition coefficient (Wildman–Crippen LogP) is 10.6. The van der Waals surface area contributed by atoms with Gasteiger partial charge in [0, 0.05) is 12.5 Å². The van der Waals surface area contributed by atoms with E-state index >= 15 is 0 Å². The molecule has 0 amide bonds. The molecule has 4 N–H and O–H groups in total. The van der Waals surface area contributed by atoms with Gasteiger partial charge in [-0.3, -0.25) is 18.6 Å². The number of carbonyl (C=O) groups is 3. The van der Waals surface area contributed by atoms with Gasteiger partial charge in [-0.05, 0) is 51.4 Å². The van der Waals surface area contributed by atoms with Gasteiger partial charge in [-0.2, -0.15) is 0 Å². The molecule has 12 heteroatoms. The third-order valence-electron chi connectivity index (χ3n) is 8.65. The standard InChI is InChI=1S/C42H74NO10P/c1-3-5-7-9-11-13-15-17-19-21-23-25-27-29-31-33-40(44)50-35-38(36-51-54(48,49)52-37-39(43)42(46)47)53-41(45)34-32-30-28-26-24-22-20-18-16-14-12-10-8-6-4-2/h12,14,18,20,27,29,31,33,38-39H,3-11,13,15-17,19,21-26,28,30,32,34-37,43H2,1-2H3,(H,46,47)(H,48,49)/b14-12+,20-18+,29-27+,33-31+/t38-,39+/m1/s1. The van der Waals surface area contributed by atoms with E-state index in [0.717, 1.165) is 57.8 Å². The Morgan fingerprint density at radius 1 is 0.630 bits per heavy atom. The van der Waals surface area contributed by atoms with E-state index in [-0.39, 0.29) is 6.42 Å². The number of ether oxygens (including phenoxy) is 2. The van der Waals surface area contributed by atoms with E-state index in [1.165, 1.54) is 89.5 Å². The lowest BCUT2D eigenvalue weighted by molar-refractivity contribution is -0.159. The highest BCUT2D eigenvalue weighted by atomic mass is 31.2. The minimum atomic E-state index is -4.74. The smallest absolute Gasteiger partial charge is 0.472 e. The molecule has 1 unspecified atom stereocenters. The van der Waals surface area contributed by atoms with Crippen LogP contribution in [0.2, 0.25) is 0 Å². The van der Waals surface area contributed by atoms with E-state index in [4.69, 9.17) is 24.8 Å². The SMILES string of the molecule is CCCCC/C=C/C/C=C/CCCCCCCC(=O)O[C@H](COC(=O)/C=C/C=C/CCCCCCCCCCCCC)COP(=O)(O)OC[C@H](N)C(=O)O. The number of nitrogens with two attached hydrogens (primary N) is 1. The molecule has 0 aliphatic heterocycles. The quantitative estimate of drug-likeness (QED) is 0.0136. The van der Waals surface area contributed by atoms with E-state index in [1.54, 1.807) is 12.2 Å². The fourth-order valence-corrected chi connectivity index (χ4v) is 6.14. The molecule has 54 heavy (non-hydrogen) atoms. The summed E-state index contributed by atoms with van der Waals surface area (Å²) in [4.78, 5) is 45.7. The van der Waals surface area contributed by atoms with Crippen molar-refractivity contribution < 1.29 is 47.5 Å². The summed E-state index contributed by atoms with van der Waals surface area (Å²) in [6.07, 6.45) is 40.9. The van der Waals surface area contributed by atoms with Crippen LogP contribution in [0.5, 0.6) is 0 Å². The molecule has 312 valence electrons. The lowest BCUT2D eigenvalue weighted by Crippen LogP contribution is -2.34. The Labute approximate surface area is 326 Å². The zero-order valence-corrected chi connectivity index (χ0v) is 34.4. The molecule has 0 fully saturated rings. The van der Waals surface area contributed by atoms with Crippen LogP contribution in [-0.2, 0) is 37.5 Å². The van der Waals surface area contributed by atoms with Crippen LogP contribution in [-0.4, -0.2) is 59.9 Å². The molecule has 0 aliphatic rings. The molecule has 0 saturated carbocycles. The summed E-state index contributed by atoms with van der Waals surface area (Å²) >= 11 is 0.